The summed E-state index contributed by atoms with van der Waals surface area (Å²) in [5, 5.41) is 10.9. The van der Waals surface area contributed by atoms with E-state index in [1.807, 2.05) is 0 Å². The first kappa shape index (κ1) is 65.8. The van der Waals surface area contributed by atoms with Crippen molar-refractivity contribution in [3.05, 3.63) is 311 Å². The Labute approximate surface area is 544 Å². The Bertz CT molecular complexity index is 3320. The molecule has 0 nitrogen and oxygen atoms in total. The fraction of sp³-hybridized carbons (Fsp3) is 0.225. The molecule has 0 N–H and O–H groups in total. The number of hydrogen-bond donors (Lipinski definition) is 0. The molecule has 0 radical (unpaired) electrons. The fourth-order valence-electron chi connectivity index (χ4n) is 11.9. The molecule has 14 rings (SSSR count). The van der Waals surface area contributed by atoms with Crippen LogP contribution in [0.25, 0.3) is 43.1 Å². The van der Waals surface area contributed by atoms with Crippen LogP contribution in [0.1, 0.15) is 160 Å². The van der Waals surface area contributed by atoms with Crippen LogP contribution in [0, 0.1) is 0 Å². The molecule has 2 aliphatic carbocycles. The van der Waals surface area contributed by atoms with Gasteiger partial charge in [0.15, 0.2) is 0 Å². The third kappa shape index (κ3) is 18.2. The van der Waals surface area contributed by atoms with Crippen molar-refractivity contribution in [2.24, 2.45) is 0 Å². The summed E-state index contributed by atoms with van der Waals surface area (Å²) >= 11 is 3.38. The van der Waals surface area contributed by atoms with Crippen molar-refractivity contribution in [2.45, 2.75) is 116 Å². The van der Waals surface area contributed by atoms with Crippen LogP contribution >= 0.6 is 0 Å². The molecule has 0 aromatic heterocycles. The topological polar surface area (TPSA) is 0 Å². The predicted molar refractivity (Wildman–Crippen MR) is 350 cm³/mol. The van der Waals surface area contributed by atoms with Crippen LogP contribution in [0.5, 0.6) is 0 Å². The Morgan fingerprint density at radius 2 is 0.452 bits per heavy atom. The predicted octanol–water partition coefficient (Wildman–Crippen LogP) is 16.2. The van der Waals surface area contributed by atoms with Crippen molar-refractivity contribution in [3.8, 4) is 0 Å². The van der Waals surface area contributed by atoms with Crippen LogP contribution in [-0.4, -0.2) is 6.41 Å². The summed E-state index contributed by atoms with van der Waals surface area (Å²) in [6.07, 6.45) is 14.6. The van der Waals surface area contributed by atoms with Gasteiger partial charge in [0, 0.05) is 0 Å². The number of fused-ring (bicyclic) bond motifs is 4. The van der Waals surface area contributed by atoms with E-state index in [-0.39, 0.29) is 24.8 Å². The first-order valence-corrected chi connectivity index (χ1v) is 32.6. The van der Waals surface area contributed by atoms with E-state index < -0.39 is 0 Å². The minimum absolute atomic E-state index is 0. The van der Waals surface area contributed by atoms with E-state index in [0.29, 0.717) is 23.7 Å². The first-order chi connectivity index (χ1) is 40.2. The minimum atomic E-state index is 0. The van der Waals surface area contributed by atoms with E-state index in [1.165, 1.54) is 152 Å². The van der Waals surface area contributed by atoms with Crippen molar-refractivity contribution in [1.82, 2.24) is 0 Å². The standard InChI is InChI=1S/4C17H15.2C6H10.2ClH.2Zr/c4*1-13(14-7-3-2-4-8-14)16-12-11-15-9-5-6-10-17(15)16;2*1-2-4-6-5-3-1;;;;/h4*2-13H,1H3;2*1-5H2;2*1H;;/q4*-1;;;;;2*+2/p-2. The van der Waals surface area contributed by atoms with Gasteiger partial charge in [-0.2, -0.15) is 0 Å². The molecule has 0 bridgehead atoms. The number of hydrogen-bond acceptors (Lipinski definition) is 0. The molecule has 4 heteroatoms. The third-order valence-electron chi connectivity index (χ3n) is 16.8. The second kappa shape index (κ2) is 34.4. The van der Waals surface area contributed by atoms with Gasteiger partial charge in [0.1, 0.15) is 0 Å². The quantitative estimate of drug-likeness (QED) is 0.133. The molecule has 12 aromatic carbocycles. The number of benzene rings is 8. The SMILES string of the molecule is CC(c1ccccc1)c1c[cH-]c2ccccc12.CC(c1ccccc1)c1c[cH-]c2ccccc12.CC(c1ccccc1)c1c[cH-]c2ccccc12.CC(c1ccccc1)c1c[cH-]c2ccccc12.[Cl-].[Cl-].[Zr+2]=[C]1CCCCC1.[Zr+2]=[C]1CCCCC1. The average Bonchev–Trinajstić information content (AvgIpc) is 3.75. The van der Waals surface area contributed by atoms with Gasteiger partial charge in [0.25, 0.3) is 0 Å². The molecule has 0 amide bonds. The summed E-state index contributed by atoms with van der Waals surface area (Å²) in [5.74, 6) is 1.82. The van der Waals surface area contributed by atoms with Gasteiger partial charge >= 0.3 is 119 Å². The average molecular weight is 1290 g/mol. The summed E-state index contributed by atoms with van der Waals surface area (Å²) in [7, 11) is 0. The number of halogens is 2. The molecular weight excluding hydrogens is 1210 g/mol. The van der Waals surface area contributed by atoms with Gasteiger partial charge < -0.3 is 24.8 Å². The Morgan fingerprint density at radius 3 is 0.643 bits per heavy atom. The molecule has 2 fully saturated rings. The van der Waals surface area contributed by atoms with Gasteiger partial charge in [-0.1, -0.05) is 196 Å². The maximum absolute atomic E-state index is 2.27. The molecule has 0 saturated heterocycles. The van der Waals surface area contributed by atoms with E-state index in [1.54, 1.807) is 54.9 Å². The molecule has 4 atom stereocenters. The van der Waals surface area contributed by atoms with Crippen molar-refractivity contribution < 1.29 is 73.3 Å². The van der Waals surface area contributed by atoms with Crippen LogP contribution < -0.4 is 24.8 Å². The summed E-state index contributed by atoms with van der Waals surface area (Å²) in [6, 6.07) is 95.0. The number of rotatable bonds is 8. The summed E-state index contributed by atoms with van der Waals surface area (Å²) in [6.45, 7) is 9.10. The van der Waals surface area contributed by atoms with Crippen LogP contribution in [0.15, 0.2) is 267 Å². The van der Waals surface area contributed by atoms with Gasteiger partial charge in [0.05, 0.1) is 0 Å². The van der Waals surface area contributed by atoms with Gasteiger partial charge in [-0.3, -0.25) is 0 Å². The maximum atomic E-state index is 2.27. The zero-order valence-electron chi connectivity index (χ0n) is 49.5. The first-order valence-electron chi connectivity index (χ1n) is 30.1. The van der Waals surface area contributed by atoms with Crippen LogP contribution in [0.4, 0.5) is 0 Å². The van der Waals surface area contributed by atoms with E-state index in [2.05, 4.69) is 295 Å². The van der Waals surface area contributed by atoms with Gasteiger partial charge in [-0.25, -0.2) is 0 Å². The van der Waals surface area contributed by atoms with Crippen molar-refractivity contribution in [2.75, 3.05) is 0 Å². The van der Waals surface area contributed by atoms with Crippen molar-refractivity contribution >= 4 is 49.5 Å². The zero-order chi connectivity index (χ0) is 56.9. The molecule has 0 aliphatic heterocycles. The van der Waals surface area contributed by atoms with Crippen LogP contribution in [-0.2, 0) is 48.5 Å². The van der Waals surface area contributed by atoms with Crippen molar-refractivity contribution in [1.29, 1.82) is 0 Å². The van der Waals surface area contributed by atoms with Crippen LogP contribution in [0.2, 0.25) is 0 Å². The molecule has 84 heavy (non-hydrogen) atoms. The normalized spacial score (nSPS) is 14.1. The van der Waals surface area contributed by atoms with E-state index in [9.17, 15) is 0 Å². The molecule has 2 aliphatic rings. The van der Waals surface area contributed by atoms with E-state index in [4.69, 9.17) is 0 Å². The third-order valence-corrected chi connectivity index (χ3v) is 19.3. The summed E-state index contributed by atoms with van der Waals surface area (Å²) < 4.78 is 3.61. The Morgan fingerprint density at radius 1 is 0.262 bits per heavy atom. The van der Waals surface area contributed by atoms with Crippen molar-refractivity contribution in [3.63, 3.8) is 0 Å². The fourth-order valence-corrected chi connectivity index (χ4v) is 13.6. The Hall–Kier alpha value is -5.71. The second-order valence-corrected chi connectivity index (χ2v) is 25.8. The van der Waals surface area contributed by atoms with Crippen LogP contribution in [0.3, 0.4) is 0 Å². The van der Waals surface area contributed by atoms with Gasteiger partial charge in [-0.05, 0) is 23.7 Å². The molecule has 2 saturated carbocycles. The Balaban J connectivity index is 0.000000148. The molecule has 12 aromatic rings. The summed E-state index contributed by atoms with van der Waals surface area (Å²) in [5.41, 5.74) is 11.2. The Kier molecular flexibility index (Phi) is 27.0. The molecule has 0 heterocycles. The zero-order valence-corrected chi connectivity index (χ0v) is 56.0. The summed E-state index contributed by atoms with van der Waals surface area (Å²) in [4.78, 5) is 0. The molecule has 0 spiro atoms. The molecular formula is C80H80Cl2Zr2-2. The molecule has 4 unspecified atom stereocenters. The van der Waals surface area contributed by atoms with E-state index >= 15 is 0 Å². The van der Waals surface area contributed by atoms with E-state index in [0.717, 1.165) is 0 Å². The molecule has 424 valence electrons. The van der Waals surface area contributed by atoms with Gasteiger partial charge in [-0.15, -0.1) is 187 Å². The second-order valence-electron chi connectivity index (χ2n) is 22.4. The van der Waals surface area contributed by atoms with Gasteiger partial charge in [0.2, 0.25) is 0 Å². The monoisotopic (exact) mass is 1290 g/mol.